The highest BCUT2D eigenvalue weighted by Crippen LogP contribution is 2.35. The molecule has 0 aliphatic carbocycles. The van der Waals surface area contributed by atoms with Gasteiger partial charge in [-0.15, -0.1) is 38.0 Å². The van der Waals surface area contributed by atoms with Gasteiger partial charge in [-0.25, -0.2) is 4.39 Å². The average molecular weight is 407 g/mol. The van der Waals surface area contributed by atoms with E-state index in [2.05, 4.69) is 15.0 Å². The molecule has 0 saturated carbocycles. The number of benzene rings is 1. The van der Waals surface area contributed by atoms with E-state index in [0.29, 0.717) is 0 Å². The van der Waals surface area contributed by atoms with Gasteiger partial charge in [0.15, 0.2) is 0 Å². The molecular weight excluding hydrogens is 383 g/mol. The van der Waals surface area contributed by atoms with Crippen LogP contribution in [0.3, 0.4) is 0 Å². The van der Waals surface area contributed by atoms with Gasteiger partial charge < -0.3 is 10.1 Å². The highest BCUT2D eigenvalue weighted by Gasteiger charge is 2.33. The molecule has 1 saturated heterocycles. The Balaban J connectivity index is 0.00000288. The van der Waals surface area contributed by atoms with Crippen molar-refractivity contribution in [2.45, 2.75) is 32.7 Å². The molecule has 146 valence electrons. The van der Waals surface area contributed by atoms with Crippen molar-refractivity contribution in [1.82, 2.24) is 10.2 Å². The summed E-state index contributed by atoms with van der Waals surface area (Å²) in [6.07, 6.45) is -3.98. The van der Waals surface area contributed by atoms with Crippen molar-refractivity contribution >= 4 is 24.8 Å². The molecule has 0 bridgehead atoms. The zero-order valence-corrected chi connectivity index (χ0v) is 15.7. The molecule has 1 aliphatic rings. The Hall–Kier alpha value is -0.760. The number of hydrogen-bond acceptors (Lipinski definition) is 3. The molecule has 0 spiro atoms. The Morgan fingerprint density at radius 3 is 2.32 bits per heavy atom. The van der Waals surface area contributed by atoms with Crippen LogP contribution in [-0.4, -0.2) is 37.4 Å². The lowest BCUT2D eigenvalue weighted by atomic mass is 9.90. The molecule has 3 nitrogen and oxygen atoms in total. The topological polar surface area (TPSA) is 24.5 Å². The molecule has 1 aromatic rings. The number of hydrogen-bond donors (Lipinski definition) is 1. The third-order valence-electron chi connectivity index (χ3n) is 4.25. The number of piperazine rings is 1. The zero-order valence-electron chi connectivity index (χ0n) is 14.1. The first-order chi connectivity index (χ1) is 10.8. The van der Waals surface area contributed by atoms with Gasteiger partial charge in [-0.1, -0.05) is 20.3 Å². The van der Waals surface area contributed by atoms with Gasteiger partial charge in [-0.2, -0.15) is 0 Å². The molecule has 1 heterocycles. The highest BCUT2D eigenvalue weighted by atomic mass is 35.5. The van der Waals surface area contributed by atoms with Crippen LogP contribution in [0.15, 0.2) is 18.2 Å². The summed E-state index contributed by atoms with van der Waals surface area (Å²) < 4.78 is 55.5. The third-order valence-corrected chi connectivity index (χ3v) is 4.25. The minimum atomic E-state index is -4.78. The van der Waals surface area contributed by atoms with Gasteiger partial charge in [0.1, 0.15) is 11.6 Å². The quantitative estimate of drug-likeness (QED) is 0.725. The first-order valence-electron chi connectivity index (χ1n) is 7.81. The Labute approximate surface area is 157 Å². The second kappa shape index (κ2) is 10.4. The Kier molecular flexibility index (Phi) is 10.1. The molecule has 25 heavy (non-hydrogen) atoms. The fourth-order valence-corrected chi connectivity index (χ4v) is 2.99. The summed E-state index contributed by atoms with van der Waals surface area (Å²) in [5, 5.41) is 3.23. The van der Waals surface area contributed by atoms with Crippen molar-refractivity contribution in [3.63, 3.8) is 0 Å². The molecule has 2 rings (SSSR count). The lowest BCUT2D eigenvalue weighted by Gasteiger charge is -2.38. The van der Waals surface area contributed by atoms with Crippen LogP contribution in [0.2, 0.25) is 0 Å². The number of alkyl halides is 3. The van der Waals surface area contributed by atoms with Crippen LogP contribution in [0, 0.1) is 11.7 Å². The van der Waals surface area contributed by atoms with E-state index in [1.165, 1.54) is 6.07 Å². The highest BCUT2D eigenvalue weighted by molar-refractivity contribution is 5.85. The summed E-state index contributed by atoms with van der Waals surface area (Å²) in [7, 11) is 0. The zero-order chi connectivity index (χ0) is 17.0. The maximum atomic E-state index is 14.3. The maximum Gasteiger partial charge on any atom is 0.573 e. The van der Waals surface area contributed by atoms with Gasteiger partial charge in [0.25, 0.3) is 0 Å². The van der Waals surface area contributed by atoms with E-state index in [-0.39, 0.29) is 48.1 Å². The molecule has 1 unspecified atom stereocenters. The maximum absolute atomic E-state index is 14.3. The van der Waals surface area contributed by atoms with Crippen LogP contribution < -0.4 is 10.1 Å². The van der Waals surface area contributed by atoms with Crippen molar-refractivity contribution in [3.8, 4) is 5.75 Å². The van der Waals surface area contributed by atoms with Crippen LogP contribution in [0.4, 0.5) is 17.6 Å². The van der Waals surface area contributed by atoms with Crippen LogP contribution >= 0.6 is 24.8 Å². The van der Waals surface area contributed by atoms with Crippen molar-refractivity contribution in [2.24, 2.45) is 5.92 Å². The molecule has 0 aromatic heterocycles. The van der Waals surface area contributed by atoms with Crippen LogP contribution in [0.5, 0.6) is 5.75 Å². The van der Waals surface area contributed by atoms with Crippen LogP contribution in [-0.2, 0) is 0 Å². The van der Waals surface area contributed by atoms with Gasteiger partial charge in [-0.3, -0.25) is 4.90 Å². The minimum absolute atomic E-state index is 0. The Morgan fingerprint density at radius 2 is 1.80 bits per heavy atom. The smallest absolute Gasteiger partial charge is 0.406 e. The SMILES string of the molecule is CCC(C)[C@H](c1cc(OC(F)(F)F)ccc1F)N1CCNCC1.Cl.Cl. The Bertz CT molecular complexity index is 525. The molecule has 9 heteroatoms. The predicted octanol–water partition coefficient (Wildman–Crippen LogP) is 4.56. The largest absolute Gasteiger partial charge is 0.573 e. The first-order valence-corrected chi connectivity index (χ1v) is 7.81. The van der Waals surface area contributed by atoms with Crippen LogP contribution in [0.1, 0.15) is 31.9 Å². The van der Waals surface area contributed by atoms with Crippen molar-refractivity contribution in [1.29, 1.82) is 0 Å². The molecule has 0 amide bonds. The lowest BCUT2D eigenvalue weighted by molar-refractivity contribution is -0.274. The summed E-state index contributed by atoms with van der Waals surface area (Å²) in [4.78, 5) is 2.13. The normalized spacial score (nSPS) is 17.8. The minimum Gasteiger partial charge on any atom is -0.406 e. The summed E-state index contributed by atoms with van der Waals surface area (Å²) in [6, 6.07) is 2.98. The number of ether oxygens (including phenoxy) is 1. The number of rotatable bonds is 5. The first kappa shape index (κ1) is 24.2. The third kappa shape index (κ3) is 6.81. The predicted molar refractivity (Wildman–Crippen MR) is 94.2 cm³/mol. The van der Waals surface area contributed by atoms with E-state index < -0.39 is 12.2 Å². The fourth-order valence-electron chi connectivity index (χ4n) is 2.99. The van der Waals surface area contributed by atoms with E-state index in [0.717, 1.165) is 44.7 Å². The standard InChI is InChI=1S/C16H22F4N2O.2ClH/c1-3-11(2)15(22-8-6-21-7-9-22)13-10-12(4-5-14(13)17)23-16(18,19)20;;/h4-5,10-11,15,21H,3,6-9H2,1-2H3;2*1H/t11?,15-;;/m1../s1. The van der Waals surface area contributed by atoms with Gasteiger partial charge >= 0.3 is 6.36 Å². The summed E-state index contributed by atoms with van der Waals surface area (Å²) >= 11 is 0. The molecule has 1 aromatic carbocycles. The summed E-state index contributed by atoms with van der Waals surface area (Å²) in [5.41, 5.74) is 0.267. The number of nitrogens with zero attached hydrogens (tertiary/aromatic N) is 1. The second-order valence-corrected chi connectivity index (χ2v) is 5.85. The van der Waals surface area contributed by atoms with Gasteiger partial charge in [-0.05, 0) is 24.1 Å². The van der Waals surface area contributed by atoms with Crippen molar-refractivity contribution < 1.29 is 22.3 Å². The molecule has 1 aliphatic heterocycles. The molecule has 1 N–H and O–H groups in total. The van der Waals surface area contributed by atoms with E-state index in [4.69, 9.17) is 0 Å². The molecule has 1 fully saturated rings. The lowest BCUT2D eigenvalue weighted by Crippen LogP contribution is -2.46. The van der Waals surface area contributed by atoms with Crippen LogP contribution in [0.25, 0.3) is 0 Å². The number of halogens is 6. The average Bonchev–Trinajstić information content (AvgIpc) is 2.50. The molecule has 2 atom stereocenters. The second-order valence-electron chi connectivity index (χ2n) is 5.85. The van der Waals surface area contributed by atoms with Gasteiger partial charge in [0.2, 0.25) is 0 Å². The van der Waals surface area contributed by atoms with Crippen molar-refractivity contribution in [3.05, 3.63) is 29.6 Å². The number of nitrogens with one attached hydrogen (secondary N) is 1. The summed E-state index contributed by atoms with van der Waals surface area (Å²) in [5.74, 6) is -0.760. The van der Waals surface area contributed by atoms with E-state index in [1.807, 2.05) is 13.8 Å². The van der Waals surface area contributed by atoms with Gasteiger partial charge in [0, 0.05) is 37.8 Å². The van der Waals surface area contributed by atoms with E-state index >= 15 is 0 Å². The summed E-state index contributed by atoms with van der Waals surface area (Å²) in [6.45, 7) is 7.02. The fraction of sp³-hybridized carbons (Fsp3) is 0.625. The monoisotopic (exact) mass is 406 g/mol. The molecule has 0 radical (unpaired) electrons. The van der Waals surface area contributed by atoms with Gasteiger partial charge in [0.05, 0.1) is 0 Å². The molecular formula is C16H24Cl2F4N2O. The Morgan fingerprint density at radius 1 is 1.20 bits per heavy atom. The van der Waals surface area contributed by atoms with E-state index in [9.17, 15) is 17.6 Å². The van der Waals surface area contributed by atoms with Crippen molar-refractivity contribution in [2.75, 3.05) is 26.2 Å². The van der Waals surface area contributed by atoms with E-state index in [1.54, 1.807) is 0 Å².